The fourth-order valence-corrected chi connectivity index (χ4v) is 3.36. The van der Waals surface area contributed by atoms with Crippen molar-refractivity contribution in [2.45, 2.75) is 32.2 Å². The Balaban J connectivity index is 1.54. The summed E-state index contributed by atoms with van der Waals surface area (Å²) in [6.07, 6.45) is 3.14. The summed E-state index contributed by atoms with van der Waals surface area (Å²) < 4.78 is 32.6. The lowest BCUT2D eigenvalue weighted by Crippen LogP contribution is -2.35. The van der Waals surface area contributed by atoms with Crippen LogP contribution in [0.1, 0.15) is 41.3 Å². The van der Waals surface area contributed by atoms with Crippen LogP contribution >= 0.6 is 0 Å². The second-order valence-electron chi connectivity index (χ2n) is 6.57. The number of aromatic nitrogens is 2. The number of nitrogens with one attached hydrogen (secondary N) is 1. The van der Waals surface area contributed by atoms with Gasteiger partial charge < -0.3 is 9.84 Å². The average Bonchev–Trinajstić information content (AvgIpc) is 3.09. The van der Waals surface area contributed by atoms with E-state index >= 15 is 0 Å². The van der Waals surface area contributed by atoms with Gasteiger partial charge in [-0.15, -0.1) is 0 Å². The van der Waals surface area contributed by atoms with Crippen LogP contribution in [0.15, 0.2) is 22.7 Å². The van der Waals surface area contributed by atoms with Crippen LogP contribution in [0.3, 0.4) is 0 Å². The summed E-state index contributed by atoms with van der Waals surface area (Å²) in [5.41, 5.74) is 0.164. The summed E-state index contributed by atoms with van der Waals surface area (Å²) in [5, 5.41) is 6.11. The van der Waals surface area contributed by atoms with Crippen LogP contribution in [-0.4, -0.2) is 41.1 Å². The average molecular weight is 364 g/mol. The molecule has 2 aromatic rings. The van der Waals surface area contributed by atoms with E-state index in [0.29, 0.717) is 24.8 Å². The normalized spacial score (nSPS) is 18.0. The number of likely N-dealkylation sites (tertiary alicyclic amines) is 1. The summed E-state index contributed by atoms with van der Waals surface area (Å²) >= 11 is 0. The largest absolute Gasteiger partial charge is 0.352 e. The number of halogens is 2. The van der Waals surface area contributed by atoms with Crippen LogP contribution in [0.2, 0.25) is 0 Å². The molecule has 0 spiro atoms. The monoisotopic (exact) mass is 364 g/mol. The van der Waals surface area contributed by atoms with Gasteiger partial charge >= 0.3 is 0 Å². The number of amides is 1. The highest BCUT2D eigenvalue weighted by molar-refractivity contribution is 5.89. The molecule has 140 valence electrons. The van der Waals surface area contributed by atoms with E-state index in [2.05, 4.69) is 20.4 Å². The second-order valence-corrected chi connectivity index (χ2v) is 6.57. The number of piperidine rings is 1. The molecule has 1 amide bonds. The Bertz CT molecular complexity index is 745. The second kappa shape index (κ2) is 8.35. The molecular formula is C18H22F2N4O2. The summed E-state index contributed by atoms with van der Waals surface area (Å²) in [4.78, 5) is 17.7. The molecule has 0 unspecified atom stereocenters. The molecule has 0 saturated carbocycles. The van der Waals surface area contributed by atoms with Crippen LogP contribution in [0, 0.1) is 17.6 Å². The number of carbonyl (C=O) groups excluding carboxylic acids is 1. The van der Waals surface area contributed by atoms with Gasteiger partial charge in [-0.05, 0) is 50.3 Å². The first-order valence-corrected chi connectivity index (χ1v) is 8.76. The van der Waals surface area contributed by atoms with Gasteiger partial charge in [0.2, 0.25) is 5.89 Å². The van der Waals surface area contributed by atoms with E-state index in [4.69, 9.17) is 4.52 Å². The van der Waals surface area contributed by atoms with Gasteiger partial charge in [0, 0.05) is 19.2 Å². The summed E-state index contributed by atoms with van der Waals surface area (Å²) in [7, 11) is 1.51. The third-order valence-electron chi connectivity index (χ3n) is 4.72. The summed E-state index contributed by atoms with van der Waals surface area (Å²) in [6.45, 7) is 2.16. The minimum Gasteiger partial charge on any atom is -0.352 e. The van der Waals surface area contributed by atoms with Gasteiger partial charge in [0.05, 0.1) is 6.54 Å². The standard InChI is InChI=1S/C18H22F2N4O2/c1-21-18(25)17-22-16(26-23-17)11-24-9-3-4-12(10-24)7-8-13-14(19)5-2-6-15(13)20/h2,5-6,12H,3-4,7-11H2,1H3,(H,21,25)/t12-/m0/s1. The van der Waals surface area contributed by atoms with Crippen molar-refractivity contribution in [1.29, 1.82) is 0 Å². The van der Waals surface area contributed by atoms with Crippen molar-refractivity contribution < 1.29 is 18.1 Å². The van der Waals surface area contributed by atoms with E-state index in [1.807, 2.05) is 0 Å². The number of hydrogen-bond acceptors (Lipinski definition) is 5. The fraction of sp³-hybridized carbons (Fsp3) is 0.500. The molecular weight excluding hydrogens is 342 g/mol. The molecule has 8 heteroatoms. The van der Waals surface area contributed by atoms with E-state index in [1.165, 1.54) is 25.2 Å². The molecule has 1 atom stereocenters. The molecule has 1 fully saturated rings. The first-order valence-electron chi connectivity index (χ1n) is 8.76. The molecule has 0 bridgehead atoms. The van der Waals surface area contributed by atoms with Gasteiger partial charge in [-0.2, -0.15) is 4.98 Å². The highest BCUT2D eigenvalue weighted by Crippen LogP contribution is 2.24. The first kappa shape index (κ1) is 18.4. The smallest absolute Gasteiger partial charge is 0.292 e. The molecule has 6 nitrogen and oxygen atoms in total. The zero-order chi connectivity index (χ0) is 18.5. The minimum absolute atomic E-state index is 0.0195. The number of rotatable bonds is 6. The Morgan fingerprint density at radius 2 is 2.15 bits per heavy atom. The molecule has 1 N–H and O–H groups in total. The molecule has 2 heterocycles. The third-order valence-corrected chi connectivity index (χ3v) is 4.72. The molecule has 26 heavy (non-hydrogen) atoms. The lowest BCUT2D eigenvalue weighted by Gasteiger charge is -2.31. The molecule has 1 aromatic carbocycles. The maximum Gasteiger partial charge on any atom is 0.292 e. The van der Waals surface area contributed by atoms with Gasteiger partial charge in [-0.3, -0.25) is 9.69 Å². The van der Waals surface area contributed by atoms with Crippen LogP contribution < -0.4 is 5.32 Å². The number of carbonyl (C=O) groups is 1. The van der Waals surface area contributed by atoms with Crippen molar-refractivity contribution in [3.63, 3.8) is 0 Å². The molecule has 3 rings (SSSR count). The van der Waals surface area contributed by atoms with E-state index in [0.717, 1.165) is 32.4 Å². The lowest BCUT2D eigenvalue weighted by molar-refractivity contribution is 0.0950. The molecule has 1 aromatic heterocycles. The Labute approximate surface area is 150 Å². The van der Waals surface area contributed by atoms with Crippen molar-refractivity contribution in [2.24, 2.45) is 5.92 Å². The van der Waals surface area contributed by atoms with Gasteiger partial charge in [-0.25, -0.2) is 8.78 Å². The highest BCUT2D eigenvalue weighted by Gasteiger charge is 2.23. The minimum atomic E-state index is -0.481. The van der Waals surface area contributed by atoms with Crippen LogP contribution in [-0.2, 0) is 13.0 Å². The Kier molecular flexibility index (Phi) is 5.92. The summed E-state index contributed by atoms with van der Waals surface area (Å²) in [5.74, 6) is -0.585. The van der Waals surface area contributed by atoms with E-state index in [-0.39, 0.29) is 17.3 Å². The number of hydrogen-bond donors (Lipinski definition) is 1. The van der Waals surface area contributed by atoms with Gasteiger partial charge in [0.15, 0.2) is 0 Å². The van der Waals surface area contributed by atoms with Crippen molar-refractivity contribution in [1.82, 2.24) is 20.4 Å². The molecule has 0 aliphatic carbocycles. The predicted molar refractivity (Wildman–Crippen MR) is 90.4 cm³/mol. The maximum absolute atomic E-state index is 13.8. The molecule has 1 aliphatic heterocycles. The zero-order valence-corrected chi connectivity index (χ0v) is 14.7. The number of benzene rings is 1. The zero-order valence-electron chi connectivity index (χ0n) is 14.7. The summed E-state index contributed by atoms with van der Waals surface area (Å²) in [6, 6.07) is 3.98. The SMILES string of the molecule is CNC(=O)c1noc(CN2CCC[C@@H](CCc3c(F)cccc3F)C2)n1. The third kappa shape index (κ3) is 4.43. The Morgan fingerprint density at radius 3 is 2.88 bits per heavy atom. The molecule has 0 radical (unpaired) electrons. The Morgan fingerprint density at radius 1 is 1.38 bits per heavy atom. The van der Waals surface area contributed by atoms with Crippen LogP contribution in [0.5, 0.6) is 0 Å². The van der Waals surface area contributed by atoms with Crippen molar-refractivity contribution in [3.05, 3.63) is 47.1 Å². The van der Waals surface area contributed by atoms with Crippen LogP contribution in [0.4, 0.5) is 8.78 Å². The fourth-order valence-electron chi connectivity index (χ4n) is 3.36. The highest BCUT2D eigenvalue weighted by atomic mass is 19.1. The lowest BCUT2D eigenvalue weighted by atomic mass is 9.91. The quantitative estimate of drug-likeness (QED) is 0.853. The van der Waals surface area contributed by atoms with Crippen molar-refractivity contribution >= 4 is 5.91 Å². The topological polar surface area (TPSA) is 71.3 Å². The van der Waals surface area contributed by atoms with Crippen molar-refractivity contribution in [2.75, 3.05) is 20.1 Å². The Hall–Kier alpha value is -2.35. The van der Waals surface area contributed by atoms with Crippen molar-refractivity contribution in [3.8, 4) is 0 Å². The van der Waals surface area contributed by atoms with Gasteiger partial charge in [0.1, 0.15) is 11.6 Å². The van der Waals surface area contributed by atoms with Gasteiger partial charge in [-0.1, -0.05) is 11.2 Å². The van der Waals surface area contributed by atoms with E-state index < -0.39 is 11.6 Å². The van der Waals surface area contributed by atoms with Crippen LogP contribution in [0.25, 0.3) is 0 Å². The van der Waals surface area contributed by atoms with E-state index in [1.54, 1.807) is 0 Å². The first-order chi connectivity index (χ1) is 12.6. The molecule has 1 saturated heterocycles. The number of nitrogens with zero attached hydrogens (tertiary/aromatic N) is 3. The predicted octanol–water partition coefficient (Wildman–Crippen LogP) is 2.55. The maximum atomic E-state index is 13.8. The van der Waals surface area contributed by atoms with Gasteiger partial charge in [0.25, 0.3) is 11.7 Å². The molecule has 1 aliphatic rings. The van der Waals surface area contributed by atoms with E-state index in [9.17, 15) is 13.6 Å².